The Kier molecular flexibility index (Phi) is 5.90. The van der Waals surface area contributed by atoms with Gasteiger partial charge in [0, 0.05) is 24.5 Å². The van der Waals surface area contributed by atoms with Crippen molar-refractivity contribution >= 4 is 5.91 Å². The maximum Gasteiger partial charge on any atom is 0.227 e. The predicted octanol–water partition coefficient (Wildman–Crippen LogP) is 4.52. The van der Waals surface area contributed by atoms with E-state index in [2.05, 4.69) is 61.0 Å². The summed E-state index contributed by atoms with van der Waals surface area (Å²) in [7, 11) is 0. The Hall–Kier alpha value is -2.81. The normalized spacial score (nSPS) is 10.9. The molecule has 0 aliphatic rings. The van der Waals surface area contributed by atoms with Gasteiger partial charge in [0.2, 0.25) is 5.91 Å². The van der Waals surface area contributed by atoms with E-state index >= 15 is 0 Å². The van der Waals surface area contributed by atoms with E-state index in [1.807, 2.05) is 41.3 Å². The van der Waals surface area contributed by atoms with Gasteiger partial charge >= 0.3 is 0 Å². The molecule has 134 valence electrons. The molecule has 0 atom stereocenters. The van der Waals surface area contributed by atoms with Crippen LogP contribution >= 0.6 is 0 Å². The van der Waals surface area contributed by atoms with Gasteiger partial charge in [-0.1, -0.05) is 60.7 Å². The molecule has 0 fully saturated rings. The lowest BCUT2D eigenvalue weighted by molar-refractivity contribution is -0.132. The van der Waals surface area contributed by atoms with Crippen molar-refractivity contribution < 1.29 is 4.79 Å². The summed E-state index contributed by atoms with van der Waals surface area (Å²) in [6.07, 6.45) is 2.53. The topological polar surface area (TPSA) is 25.2 Å². The average Bonchev–Trinajstić information content (AvgIpc) is 3.08. The largest absolute Gasteiger partial charge is 0.345 e. The Bertz CT molecular complexity index is 822. The quantitative estimate of drug-likeness (QED) is 0.618. The Morgan fingerprint density at radius 1 is 0.885 bits per heavy atom. The van der Waals surface area contributed by atoms with Gasteiger partial charge < -0.3 is 9.47 Å². The first-order valence-electron chi connectivity index (χ1n) is 9.15. The fourth-order valence-corrected chi connectivity index (χ4v) is 3.13. The molecule has 3 aromatic rings. The van der Waals surface area contributed by atoms with E-state index in [4.69, 9.17) is 0 Å². The van der Waals surface area contributed by atoms with Crippen LogP contribution < -0.4 is 0 Å². The molecule has 0 saturated carbocycles. The molecule has 1 amide bonds. The van der Waals surface area contributed by atoms with Crippen molar-refractivity contribution in [3.05, 3.63) is 95.8 Å². The van der Waals surface area contributed by atoms with E-state index in [9.17, 15) is 4.79 Å². The minimum absolute atomic E-state index is 0.159. The number of hydrogen-bond donors (Lipinski definition) is 0. The molecule has 3 heteroatoms. The number of aromatic nitrogens is 1. The zero-order chi connectivity index (χ0) is 18.4. The maximum absolute atomic E-state index is 12.9. The minimum atomic E-state index is 0.159. The van der Waals surface area contributed by atoms with E-state index in [1.54, 1.807) is 0 Å². The summed E-state index contributed by atoms with van der Waals surface area (Å²) < 4.78 is 2.22. The Labute approximate surface area is 155 Å². The zero-order valence-corrected chi connectivity index (χ0v) is 15.5. The van der Waals surface area contributed by atoms with Crippen molar-refractivity contribution in [2.24, 2.45) is 0 Å². The standard InChI is InChI=1S/C23H26N2O/c1-19(2)25(23(26)16-20-10-5-3-6-11-20)18-22-14-9-15-24(22)17-21-12-7-4-8-13-21/h3-15,19H,16-18H2,1-2H3. The van der Waals surface area contributed by atoms with Crippen molar-refractivity contribution in [1.29, 1.82) is 0 Å². The molecule has 26 heavy (non-hydrogen) atoms. The lowest BCUT2D eigenvalue weighted by Crippen LogP contribution is -2.38. The van der Waals surface area contributed by atoms with Gasteiger partial charge in [0.25, 0.3) is 0 Å². The highest BCUT2D eigenvalue weighted by atomic mass is 16.2. The van der Waals surface area contributed by atoms with Crippen LogP contribution in [0.1, 0.15) is 30.7 Å². The number of carbonyl (C=O) groups excluding carboxylic acids is 1. The summed E-state index contributed by atoms with van der Waals surface area (Å²) in [6.45, 7) is 5.60. The first-order chi connectivity index (χ1) is 12.6. The molecule has 3 nitrogen and oxygen atoms in total. The van der Waals surface area contributed by atoms with Crippen molar-refractivity contribution in [3.63, 3.8) is 0 Å². The second kappa shape index (κ2) is 8.52. The molecule has 1 heterocycles. The summed E-state index contributed by atoms with van der Waals surface area (Å²) in [5.41, 5.74) is 3.48. The third kappa shape index (κ3) is 4.63. The van der Waals surface area contributed by atoms with Crippen LogP contribution in [0.5, 0.6) is 0 Å². The second-order valence-corrected chi connectivity index (χ2v) is 6.89. The van der Waals surface area contributed by atoms with Gasteiger partial charge in [-0.15, -0.1) is 0 Å². The number of nitrogens with zero attached hydrogens (tertiary/aromatic N) is 2. The van der Waals surface area contributed by atoms with E-state index < -0.39 is 0 Å². The summed E-state index contributed by atoms with van der Waals surface area (Å²) in [5, 5.41) is 0. The Morgan fingerprint density at radius 3 is 2.12 bits per heavy atom. The molecule has 3 rings (SSSR count). The first-order valence-corrected chi connectivity index (χ1v) is 9.15. The minimum Gasteiger partial charge on any atom is -0.345 e. The van der Waals surface area contributed by atoms with E-state index in [1.165, 1.54) is 5.56 Å². The second-order valence-electron chi connectivity index (χ2n) is 6.89. The fraction of sp³-hybridized carbons (Fsp3) is 0.261. The zero-order valence-electron chi connectivity index (χ0n) is 15.5. The molecular weight excluding hydrogens is 320 g/mol. The highest BCUT2D eigenvalue weighted by Gasteiger charge is 2.19. The van der Waals surface area contributed by atoms with E-state index in [0.717, 1.165) is 17.8 Å². The van der Waals surface area contributed by atoms with Gasteiger partial charge in [0.1, 0.15) is 0 Å². The summed E-state index contributed by atoms with van der Waals surface area (Å²) in [6, 6.07) is 24.7. The van der Waals surface area contributed by atoms with Crippen LogP contribution in [0.4, 0.5) is 0 Å². The van der Waals surface area contributed by atoms with Crippen molar-refractivity contribution in [1.82, 2.24) is 9.47 Å². The van der Waals surface area contributed by atoms with Crippen LogP contribution in [0, 0.1) is 0 Å². The highest BCUT2D eigenvalue weighted by molar-refractivity contribution is 5.79. The van der Waals surface area contributed by atoms with Gasteiger partial charge in [-0.3, -0.25) is 4.79 Å². The van der Waals surface area contributed by atoms with E-state index in [0.29, 0.717) is 13.0 Å². The van der Waals surface area contributed by atoms with Crippen LogP contribution in [-0.4, -0.2) is 21.4 Å². The number of hydrogen-bond acceptors (Lipinski definition) is 1. The van der Waals surface area contributed by atoms with Gasteiger partial charge in [0.05, 0.1) is 13.0 Å². The van der Waals surface area contributed by atoms with Gasteiger partial charge in [-0.2, -0.15) is 0 Å². The molecule has 0 aliphatic carbocycles. The lowest BCUT2D eigenvalue weighted by Gasteiger charge is -2.27. The molecular formula is C23H26N2O. The number of carbonyl (C=O) groups is 1. The van der Waals surface area contributed by atoms with Crippen molar-refractivity contribution in [3.8, 4) is 0 Å². The fourth-order valence-electron chi connectivity index (χ4n) is 3.13. The average molecular weight is 346 g/mol. The molecule has 1 aromatic heterocycles. The van der Waals surface area contributed by atoms with Gasteiger partial charge in [-0.25, -0.2) is 0 Å². The third-order valence-electron chi connectivity index (χ3n) is 4.59. The molecule has 0 saturated heterocycles. The van der Waals surface area contributed by atoms with Gasteiger partial charge in [0.15, 0.2) is 0 Å². The maximum atomic E-state index is 12.9. The van der Waals surface area contributed by atoms with Crippen LogP contribution in [-0.2, 0) is 24.3 Å². The number of benzene rings is 2. The van der Waals surface area contributed by atoms with E-state index in [-0.39, 0.29) is 11.9 Å². The van der Waals surface area contributed by atoms with Gasteiger partial charge in [-0.05, 0) is 37.1 Å². The Morgan fingerprint density at radius 2 is 1.50 bits per heavy atom. The lowest BCUT2D eigenvalue weighted by atomic mass is 10.1. The molecule has 0 N–H and O–H groups in total. The monoisotopic (exact) mass is 346 g/mol. The summed E-state index contributed by atoms with van der Waals surface area (Å²) in [4.78, 5) is 14.8. The third-order valence-corrected chi connectivity index (χ3v) is 4.59. The summed E-state index contributed by atoms with van der Waals surface area (Å²) in [5.74, 6) is 0.165. The first kappa shape index (κ1) is 18.0. The molecule has 0 bridgehead atoms. The smallest absolute Gasteiger partial charge is 0.227 e. The number of rotatable bonds is 7. The Balaban J connectivity index is 1.72. The van der Waals surface area contributed by atoms with Crippen LogP contribution in [0.25, 0.3) is 0 Å². The van der Waals surface area contributed by atoms with Crippen LogP contribution in [0.3, 0.4) is 0 Å². The van der Waals surface area contributed by atoms with Crippen molar-refractivity contribution in [2.45, 2.75) is 39.4 Å². The summed E-state index contributed by atoms with van der Waals surface area (Å²) >= 11 is 0. The van der Waals surface area contributed by atoms with Crippen LogP contribution in [0.15, 0.2) is 79.0 Å². The van der Waals surface area contributed by atoms with Crippen molar-refractivity contribution in [2.75, 3.05) is 0 Å². The predicted molar refractivity (Wildman–Crippen MR) is 106 cm³/mol. The molecule has 0 radical (unpaired) electrons. The number of amides is 1. The molecule has 2 aromatic carbocycles. The van der Waals surface area contributed by atoms with Crippen LogP contribution in [0.2, 0.25) is 0 Å². The SMILES string of the molecule is CC(C)N(Cc1cccn1Cc1ccccc1)C(=O)Cc1ccccc1. The molecule has 0 aliphatic heterocycles. The molecule has 0 unspecified atom stereocenters. The molecule has 0 spiro atoms. The highest BCUT2D eigenvalue weighted by Crippen LogP contribution is 2.14.